The Kier molecular flexibility index (Phi) is 3.10. The molecule has 0 amide bonds. The van der Waals surface area contributed by atoms with Gasteiger partial charge >= 0.3 is 5.97 Å². The summed E-state index contributed by atoms with van der Waals surface area (Å²) >= 11 is 0. The Balaban J connectivity index is 1.82. The van der Waals surface area contributed by atoms with Gasteiger partial charge in [-0.05, 0) is 18.8 Å². The van der Waals surface area contributed by atoms with Gasteiger partial charge in [0, 0.05) is 20.1 Å². The fourth-order valence-corrected chi connectivity index (χ4v) is 4.96. The average Bonchev–Trinajstić information content (AvgIpc) is 2.76. The summed E-state index contributed by atoms with van der Waals surface area (Å²) in [5, 5.41) is 3.80. The van der Waals surface area contributed by atoms with Crippen LogP contribution in [0, 0.1) is 30.6 Å². The average molecular weight is 317 g/mol. The molecule has 1 aromatic heterocycles. The maximum atomic E-state index is 14.0. The number of carbonyl (C=O) groups is 1. The van der Waals surface area contributed by atoms with Crippen molar-refractivity contribution < 1.29 is 22.3 Å². The standard InChI is InChI=1S/C12H16FN3O4S/c1-6-10(11(13)15(2)14-6)21(18,19)16-4-7-8(5-16)9(7)12(17)20-3/h7-9H,4-5H2,1-3H3. The van der Waals surface area contributed by atoms with Crippen LogP contribution in [0.5, 0.6) is 0 Å². The molecular formula is C12H16FN3O4S. The number of nitrogens with zero attached hydrogens (tertiary/aromatic N) is 3. The molecule has 2 aliphatic rings. The number of aryl methyl sites for hydroxylation is 2. The molecule has 21 heavy (non-hydrogen) atoms. The van der Waals surface area contributed by atoms with E-state index in [1.807, 2.05) is 0 Å². The molecular weight excluding hydrogens is 301 g/mol. The SMILES string of the molecule is COC(=O)C1C2CN(S(=O)(=O)c3c(C)nn(C)c3F)CC21. The molecule has 1 saturated carbocycles. The second-order valence-corrected chi connectivity index (χ2v) is 7.40. The summed E-state index contributed by atoms with van der Waals surface area (Å²) in [4.78, 5) is 11.1. The first-order valence-corrected chi connectivity index (χ1v) is 8.00. The van der Waals surface area contributed by atoms with Crippen molar-refractivity contribution in [3.63, 3.8) is 0 Å². The normalized spacial score (nSPS) is 28.5. The highest BCUT2D eigenvalue weighted by molar-refractivity contribution is 7.89. The lowest BCUT2D eigenvalue weighted by atomic mass is 10.3. The number of aromatic nitrogens is 2. The van der Waals surface area contributed by atoms with Crippen molar-refractivity contribution >= 4 is 16.0 Å². The van der Waals surface area contributed by atoms with E-state index in [1.165, 1.54) is 25.4 Å². The minimum Gasteiger partial charge on any atom is -0.469 e. The van der Waals surface area contributed by atoms with Gasteiger partial charge in [-0.1, -0.05) is 0 Å². The van der Waals surface area contributed by atoms with Gasteiger partial charge in [0.15, 0.2) is 4.90 Å². The summed E-state index contributed by atoms with van der Waals surface area (Å²) < 4.78 is 45.8. The number of piperidine rings is 1. The third-order valence-corrected chi connectivity index (χ3v) is 6.29. The Morgan fingerprint density at radius 3 is 2.38 bits per heavy atom. The number of rotatable bonds is 3. The fourth-order valence-electron chi connectivity index (χ4n) is 3.20. The first kappa shape index (κ1) is 14.5. The molecule has 2 fully saturated rings. The highest BCUT2D eigenvalue weighted by atomic mass is 32.2. The van der Waals surface area contributed by atoms with Crippen LogP contribution in [0.4, 0.5) is 4.39 Å². The molecule has 1 aromatic rings. The second-order valence-electron chi connectivity index (χ2n) is 5.53. The minimum absolute atomic E-state index is 0.0211. The van der Waals surface area contributed by atoms with E-state index in [1.54, 1.807) is 0 Å². The van der Waals surface area contributed by atoms with Crippen molar-refractivity contribution in [1.82, 2.24) is 14.1 Å². The minimum atomic E-state index is -3.91. The lowest BCUT2D eigenvalue weighted by Gasteiger charge is -2.18. The van der Waals surface area contributed by atoms with E-state index in [4.69, 9.17) is 0 Å². The van der Waals surface area contributed by atoms with Crippen LogP contribution < -0.4 is 0 Å². The Labute approximate surface area is 121 Å². The van der Waals surface area contributed by atoms with Crippen LogP contribution in [-0.4, -0.2) is 48.7 Å². The van der Waals surface area contributed by atoms with Gasteiger partial charge in [0.25, 0.3) is 0 Å². The Morgan fingerprint density at radius 1 is 1.38 bits per heavy atom. The van der Waals surface area contributed by atoms with Gasteiger partial charge in [-0.2, -0.15) is 13.8 Å². The molecule has 1 aliphatic carbocycles. The molecule has 0 bridgehead atoms. The fraction of sp³-hybridized carbons (Fsp3) is 0.667. The van der Waals surface area contributed by atoms with E-state index in [-0.39, 0.29) is 47.4 Å². The number of carbonyl (C=O) groups excluding carboxylic acids is 1. The van der Waals surface area contributed by atoms with E-state index in [0.717, 1.165) is 4.68 Å². The molecule has 1 saturated heterocycles. The van der Waals surface area contributed by atoms with Crippen molar-refractivity contribution in [2.24, 2.45) is 24.8 Å². The van der Waals surface area contributed by atoms with Crippen molar-refractivity contribution in [3.8, 4) is 0 Å². The highest BCUT2D eigenvalue weighted by Gasteiger charge is 2.62. The Bertz CT molecular complexity index is 702. The van der Waals surface area contributed by atoms with Crippen LogP contribution in [0.2, 0.25) is 0 Å². The molecule has 1 aliphatic heterocycles. The number of ether oxygens (including phenoxy) is 1. The predicted octanol–water partition coefficient (Wildman–Crippen LogP) is -0.0929. The predicted molar refractivity (Wildman–Crippen MR) is 69.1 cm³/mol. The zero-order valence-electron chi connectivity index (χ0n) is 11.9. The molecule has 0 N–H and O–H groups in total. The summed E-state index contributed by atoms with van der Waals surface area (Å²) in [7, 11) is -1.24. The van der Waals surface area contributed by atoms with E-state index in [2.05, 4.69) is 9.84 Å². The monoisotopic (exact) mass is 317 g/mol. The smallest absolute Gasteiger partial charge is 0.309 e. The third kappa shape index (κ3) is 1.98. The number of hydrogen-bond donors (Lipinski definition) is 0. The van der Waals surface area contributed by atoms with Crippen molar-refractivity contribution in [2.45, 2.75) is 11.8 Å². The molecule has 2 heterocycles. The van der Waals surface area contributed by atoms with Crippen LogP contribution in [0.1, 0.15) is 5.69 Å². The molecule has 116 valence electrons. The zero-order chi connectivity index (χ0) is 15.5. The summed E-state index contributed by atoms with van der Waals surface area (Å²) in [6.45, 7) is 1.91. The second kappa shape index (κ2) is 4.51. The van der Waals surface area contributed by atoms with Crippen LogP contribution in [0.3, 0.4) is 0 Å². The Hall–Kier alpha value is -1.48. The van der Waals surface area contributed by atoms with Crippen LogP contribution >= 0.6 is 0 Å². The number of methoxy groups -OCH3 is 1. The van der Waals surface area contributed by atoms with E-state index in [9.17, 15) is 17.6 Å². The molecule has 0 radical (unpaired) electrons. The highest BCUT2D eigenvalue weighted by Crippen LogP contribution is 2.53. The lowest BCUT2D eigenvalue weighted by Crippen LogP contribution is -2.33. The van der Waals surface area contributed by atoms with Gasteiger partial charge in [-0.3, -0.25) is 4.79 Å². The summed E-state index contributed by atoms with van der Waals surface area (Å²) in [6, 6.07) is 0. The first-order valence-electron chi connectivity index (χ1n) is 6.56. The quantitative estimate of drug-likeness (QED) is 0.728. The number of fused-ring (bicyclic) bond motifs is 1. The van der Waals surface area contributed by atoms with Crippen LogP contribution in [0.15, 0.2) is 4.90 Å². The maximum Gasteiger partial charge on any atom is 0.309 e. The van der Waals surface area contributed by atoms with E-state index in [0.29, 0.717) is 0 Å². The van der Waals surface area contributed by atoms with Gasteiger partial charge in [0.2, 0.25) is 16.0 Å². The lowest BCUT2D eigenvalue weighted by molar-refractivity contribution is -0.143. The Morgan fingerprint density at radius 2 is 1.95 bits per heavy atom. The van der Waals surface area contributed by atoms with Gasteiger partial charge in [0.1, 0.15) is 0 Å². The van der Waals surface area contributed by atoms with Gasteiger partial charge < -0.3 is 4.74 Å². The molecule has 2 unspecified atom stereocenters. The summed E-state index contributed by atoms with van der Waals surface area (Å²) in [5.74, 6) is -1.43. The number of halogens is 1. The van der Waals surface area contributed by atoms with Crippen molar-refractivity contribution in [1.29, 1.82) is 0 Å². The van der Waals surface area contributed by atoms with Gasteiger partial charge in [-0.15, -0.1) is 0 Å². The molecule has 3 rings (SSSR count). The first-order chi connectivity index (χ1) is 9.78. The number of hydrogen-bond acceptors (Lipinski definition) is 5. The summed E-state index contributed by atoms with van der Waals surface area (Å²) in [5.41, 5.74) is 0.139. The van der Waals surface area contributed by atoms with Crippen LogP contribution in [0.25, 0.3) is 0 Å². The molecule has 2 atom stereocenters. The number of esters is 1. The van der Waals surface area contributed by atoms with Gasteiger partial charge in [0.05, 0.1) is 18.7 Å². The zero-order valence-corrected chi connectivity index (χ0v) is 12.7. The van der Waals surface area contributed by atoms with Crippen LogP contribution in [-0.2, 0) is 26.6 Å². The van der Waals surface area contributed by atoms with Gasteiger partial charge in [-0.25, -0.2) is 13.1 Å². The maximum absolute atomic E-state index is 14.0. The largest absolute Gasteiger partial charge is 0.469 e. The summed E-state index contributed by atoms with van der Waals surface area (Å²) in [6.07, 6.45) is 0. The topological polar surface area (TPSA) is 81.5 Å². The van der Waals surface area contributed by atoms with E-state index < -0.39 is 16.0 Å². The van der Waals surface area contributed by atoms with Crippen molar-refractivity contribution in [3.05, 3.63) is 11.6 Å². The van der Waals surface area contributed by atoms with Crippen molar-refractivity contribution in [2.75, 3.05) is 20.2 Å². The molecule has 0 spiro atoms. The third-order valence-electron chi connectivity index (χ3n) is 4.33. The molecule has 9 heteroatoms. The molecule has 0 aromatic carbocycles. The number of sulfonamides is 1. The van der Waals surface area contributed by atoms with E-state index >= 15 is 0 Å². The molecule has 7 nitrogen and oxygen atoms in total.